The molecule has 0 aliphatic heterocycles. The Morgan fingerprint density at radius 2 is 1.88 bits per heavy atom. The van der Waals surface area contributed by atoms with Crippen LogP contribution in [0.1, 0.15) is 6.92 Å². The standard InChI is InChI=1S/C11H17NO2S2/c1-9(8-15-2)12-10-4-6-11(7-5-10)16(3,13)14/h4-7,9,12H,8H2,1-3H3. The van der Waals surface area contributed by atoms with Gasteiger partial charge in [-0.3, -0.25) is 0 Å². The molecule has 0 aromatic heterocycles. The van der Waals surface area contributed by atoms with E-state index in [0.717, 1.165) is 11.4 Å². The van der Waals surface area contributed by atoms with E-state index in [1.165, 1.54) is 6.26 Å². The van der Waals surface area contributed by atoms with Crippen LogP contribution in [0.15, 0.2) is 29.2 Å². The molecule has 1 N–H and O–H groups in total. The lowest BCUT2D eigenvalue weighted by molar-refractivity contribution is 0.602. The van der Waals surface area contributed by atoms with Gasteiger partial charge in [-0.05, 0) is 37.4 Å². The molecular formula is C11H17NO2S2. The minimum atomic E-state index is -3.09. The second-order valence-corrected chi connectivity index (χ2v) is 6.72. The molecule has 90 valence electrons. The molecule has 3 nitrogen and oxygen atoms in total. The average molecular weight is 259 g/mol. The zero-order chi connectivity index (χ0) is 12.2. The topological polar surface area (TPSA) is 46.2 Å². The Balaban J connectivity index is 2.72. The van der Waals surface area contributed by atoms with Crippen LogP contribution in [-0.4, -0.2) is 32.7 Å². The minimum Gasteiger partial charge on any atom is -0.382 e. The fourth-order valence-corrected chi connectivity index (χ4v) is 2.59. The summed E-state index contributed by atoms with van der Waals surface area (Å²) in [6.45, 7) is 2.10. The highest BCUT2D eigenvalue weighted by Crippen LogP contribution is 2.15. The van der Waals surface area contributed by atoms with E-state index in [1.54, 1.807) is 36.0 Å². The second-order valence-electron chi connectivity index (χ2n) is 3.80. The summed E-state index contributed by atoms with van der Waals surface area (Å²) >= 11 is 1.78. The molecule has 0 amide bonds. The van der Waals surface area contributed by atoms with Crippen LogP contribution < -0.4 is 5.32 Å². The van der Waals surface area contributed by atoms with Gasteiger partial charge in [0.25, 0.3) is 0 Å². The van der Waals surface area contributed by atoms with Crippen molar-refractivity contribution in [1.29, 1.82) is 0 Å². The fraction of sp³-hybridized carbons (Fsp3) is 0.455. The molecule has 16 heavy (non-hydrogen) atoms. The van der Waals surface area contributed by atoms with Gasteiger partial charge in [0.2, 0.25) is 0 Å². The normalized spacial score (nSPS) is 13.4. The van der Waals surface area contributed by atoms with Crippen LogP contribution in [0.25, 0.3) is 0 Å². The first kappa shape index (κ1) is 13.4. The van der Waals surface area contributed by atoms with E-state index in [2.05, 4.69) is 18.5 Å². The molecule has 0 bridgehead atoms. The Hall–Kier alpha value is -0.680. The first-order chi connectivity index (χ1) is 7.43. The molecule has 0 heterocycles. The molecule has 5 heteroatoms. The number of sulfone groups is 1. The molecule has 1 unspecified atom stereocenters. The minimum absolute atomic E-state index is 0.357. The molecule has 0 fully saturated rings. The second kappa shape index (κ2) is 5.59. The van der Waals surface area contributed by atoms with Crippen LogP contribution in [0.4, 0.5) is 5.69 Å². The highest BCUT2D eigenvalue weighted by molar-refractivity contribution is 7.98. The van der Waals surface area contributed by atoms with Gasteiger partial charge in [0.15, 0.2) is 9.84 Å². The van der Waals surface area contributed by atoms with Crippen molar-refractivity contribution in [2.24, 2.45) is 0 Å². The lowest BCUT2D eigenvalue weighted by Gasteiger charge is -2.13. The quantitative estimate of drug-likeness (QED) is 0.881. The maximum atomic E-state index is 11.2. The van der Waals surface area contributed by atoms with Crippen molar-refractivity contribution < 1.29 is 8.42 Å². The smallest absolute Gasteiger partial charge is 0.175 e. The lowest BCUT2D eigenvalue weighted by Crippen LogP contribution is -2.17. The van der Waals surface area contributed by atoms with Crippen molar-refractivity contribution >= 4 is 27.3 Å². The summed E-state index contributed by atoms with van der Waals surface area (Å²) in [5.74, 6) is 1.02. The third-order valence-corrected chi connectivity index (χ3v) is 4.07. The van der Waals surface area contributed by atoms with Gasteiger partial charge in [-0.1, -0.05) is 0 Å². The molecule has 0 saturated heterocycles. The molecule has 0 aliphatic carbocycles. The molecule has 1 rings (SSSR count). The fourth-order valence-electron chi connectivity index (χ4n) is 1.37. The number of rotatable bonds is 5. The monoisotopic (exact) mass is 259 g/mol. The predicted molar refractivity (Wildman–Crippen MR) is 71.0 cm³/mol. The van der Waals surface area contributed by atoms with Gasteiger partial charge in [-0.15, -0.1) is 0 Å². The number of nitrogens with one attached hydrogen (secondary N) is 1. The van der Waals surface area contributed by atoms with Crippen molar-refractivity contribution in [1.82, 2.24) is 0 Å². The molecule has 1 aromatic carbocycles. The van der Waals surface area contributed by atoms with Crippen LogP contribution in [0.3, 0.4) is 0 Å². The van der Waals surface area contributed by atoms with E-state index in [1.807, 2.05) is 0 Å². The third-order valence-electron chi connectivity index (χ3n) is 2.11. The first-order valence-corrected chi connectivity index (χ1v) is 8.27. The summed E-state index contributed by atoms with van der Waals surface area (Å²) in [4.78, 5) is 0.357. The maximum absolute atomic E-state index is 11.2. The Labute approximate surface area is 102 Å². The number of benzene rings is 1. The van der Waals surface area contributed by atoms with Gasteiger partial charge in [0.1, 0.15) is 0 Å². The summed E-state index contributed by atoms with van der Waals surface area (Å²) in [7, 11) is -3.09. The zero-order valence-electron chi connectivity index (χ0n) is 9.73. The highest BCUT2D eigenvalue weighted by Gasteiger charge is 2.06. The van der Waals surface area contributed by atoms with Crippen molar-refractivity contribution in [3.05, 3.63) is 24.3 Å². The molecular weight excluding hydrogens is 242 g/mol. The van der Waals surface area contributed by atoms with Crippen molar-refractivity contribution in [2.45, 2.75) is 17.9 Å². The number of hydrogen-bond donors (Lipinski definition) is 1. The van der Waals surface area contributed by atoms with E-state index < -0.39 is 9.84 Å². The summed E-state index contributed by atoms with van der Waals surface area (Å²) < 4.78 is 22.5. The predicted octanol–water partition coefficient (Wildman–Crippen LogP) is 2.25. The third kappa shape index (κ3) is 4.06. The van der Waals surface area contributed by atoms with Crippen molar-refractivity contribution in [3.63, 3.8) is 0 Å². The van der Waals surface area contributed by atoms with Gasteiger partial charge >= 0.3 is 0 Å². The van der Waals surface area contributed by atoms with E-state index in [-0.39, 0.29) is 0 Å². The summed E-state index contributed by atoms with van der Waals surface area (Å²) in [6, 6.07) is 7.23. The van der Waals surface area contributed by atoms with Crippen LogP contribution in [0.2, 0.25) is 0 Å². The Kier molecular flexibility index (Phi) is 4.68. The van der Waals surface area contributed by atoms with Crippen molar-refractivity contribution in [2.75, 3.05) is 23.6 Å². The lowest BCUT2D eigenvalue weighted by atomic mass is 10.3. The van der Waals surface area contributed by atoms with Gasteiger partial charge in [-0.2, -0.15) is 11.8 Å². The van der Waals surface area contributed by atoms with Crippen LogP contribution >= 0.6 is 11.8 Å². The maximum Gasteiger partial charge on any atom is 0.175 e. The average Bonchev–Trinajstić information content (AvgIpc) is 2.17. The Morgan fingerprint density at radius 1 is 1.31 bits per heavy atom. The van der Waals surface area contributed by atoms with Crippen LogP contribution in [-0.2, 0) is 9.84 Å². The molecule has 1 atom stereocenters. The van der Waals surface area contributed by atoms with Gasteiger partial charge in [-0.25, -0.2) is 8.42 Å². The Morgan fingerprint density at radius 3 is 2.31 bits per heavy atom. The van der Waals surface area contributed by atoms with E-state index in [0.29, 0.717) is 10.9 Å². The van der Waals surface area contributed by atoms with E-state index >= 15 is 0 Å². The number of hydrogen-bond acceptors (Lipinski definition) is 4. The summed E-state index contributed by atoms with van der Waals surface area (Å²) in [6.07, 6.45) is 3.27. The van der Waals surface area contributed by atoms with Gasteiger partial charge < -0.3 is 5.32 Å². The molecule has 0 spiro atoms. The zero-order valence-corrected chi connectivity index (χ0v) is 11.4. The largest absolute Gasteiger partial charge is 0.382 e. The highest BCUT2D eigenvalue weighted by atomic mass is 32.2. The molecule has 0 aliphatic rings. The van der Waals surface area contributed by atoms with Crippen LogP contribution in [0.5, 0.6) is 0 Å². The van der Waals surface area contributed by atoms with Gasteiger partial charge in [0, 0.05) is 23.7 Å². The molecule has 1 aromatic rings. The number of anilines is 1. The first-order valence-electron chi connectivity index (χ1n) is 4.99. The summed E-state index contributed by atoms with van der Waals surface area (Å²) in [5.41, 5.74) is 0.953. The Bertz CT molecular complexity index is 426. The SMILES string of the molecule is CSCC(C)Nc1ccc(S(C)(=O)=O)cc1. The van der Waals surface area contributed by atoms with E-state index in [9.17, 15) is 8.42 Å². The van der Waals surface area contributed by atoms with Gasteiger partial charge in [0.05, 0.1) is 4.90 Å². The molecule has 0 radical (unpaired) electrons. The van der Waals surface area contributed by atoms with Crippen LogP contribution in [0, 0.1) is 0 Å². The number of thioether (sulfide) groups is 1. The summed E-state index contributed by atoms with van der Waals surface area (Å²) in [5, 5.41) is 3.31. The van der Waals surface area contributed by atoms with Crippen molar-refractivity contribution in [3.8, 4) is 0 Å². The molecule has 0 saturated carbocycles. The van der Waals surface area contributed by atoms with E-state index in [4.69, 9.17) is 0 Å².